The number of nitrogens with one attached hydrogen (secondary N) is 1. The van der Waals surface area contributed by atoms with E-state index >= 15 is 0 Å². The average molecular weight is 404 g/mol. The van der Waals surface area contributed by atoms with Gasteiger partial charge in [0, 0.05) is 22.2 Å². The Morgan fingerprint density at radius 3 is 2.72 bits per heavy atom. The number of nitrogens with two attached hydrogens (primary N) is 1. The Hall–Kier alpha value is -0.0900. The first-order valence-electron chi connectivity index (χ1n) is 5.26. The lowest BCUT2D eigenvalue weighted by atomic mass is 10.3. The minimum Gasteiger partial charge on any atom is -0.330 e. The summed E-state index contributed by atoms with van der Waals surface area (Å²) in [6.07, 6.45) is 0.620. The first kappa shape index (κ1) is 16.0. The van der Waals surface area contributed by atoms with Crippen LogP contribution in [0.3, 0.4) is 0 Å². The van der Waals surface area contributed by atoms with Crippen molar-refractivity contribution in [1.82, 2.24) is 4.31 Å². The predicted octanol–water partition coefficient (Wildman–Crippen LogP) is 1.88. The predicted molar refractivity (Wildman–Crippen MR) is 83.0 cm³/mol. The normalized spacial score (nSPS) is 11.8. The van der Waals surface area contributed by atoms with Crippen molar-refractivity contribution in [1.29, 1.82) is 0 Å². The molecular formula is C10H15ClIN3O2S. The molecule has 0 aliphatic carbocycles. The lowest BCUT2D eigenvalue weighted by Gasteiger charge is -2.18. The molecule has 0 atom stereocenters. The van der Waals surface area contributed by atoms with Crippen molar-refractivity contribution in [3.63, 3.8) is 0 Å². The van der Waals surface area contributed by atoms with Gasteiger partial charge in [-0.3, -0.25) is 4.72 Å². The lowest BCUT2D eigenvalue weighted by molar-refractivity contribution is 0.468. The van der Waals surface area contributed by atoms with Crippen molar-refractivity contribution in [2.24, 2.45) is 5.73 Å². The Labute approximate surface area is 126 Å². The molecule has 0 spiro atoms. The molecule has 0 unspecified atom stereocenters. The number of halogens is 2. The van der Waals surface area contributed by atoms with Crippen LogP contribution in [0.4, 0.5) is 5.69 Å². The monoisotopic (exact) mass is 403 g/mol. The summed E-state index contributed by atoms with van der Waals surface area (Å²) in [5.41, 5.74) is 5.87. The van der Waals surface area contributed by atoms with Gasteiger partial charge in [-0.1, -0.05) is 11.6 Å². The molecule has 0 aliphatic rings. The maximum atomic E-state index is 12.0. The van der Waals surface area contributed by atoms with E-state index in [-0.39, 0.29) is 0 Å². The quantitative estimate of drug-likeness (QED) is 0.712. The Kier molecular flexibility index (Phi) is 6.12. The van der Waals surface area contributed by atoms with Gasteiger partial charge >= 0.3 is 10.2 Å². The van der Waals surface area contributed by atoms with E-state index in [0.29, 0.717) is 30.2 Å². The fraction of sp³-hybridized carbons (Fsp3) is 0.400. The van der Waals surface area contributed by atoms with Gasteiger partial charge in [0.05, 0.1) is 5.69 Å². The topological polar surface area (TPSA) is 75.4 Å². The van der Waals surface area contributed by atoms with Crippen LogP contribution in [0.15, 0.2) is 18.2 Å². The second-order valence-electron chi connectivity index (χ2n) is 3.70. The van der Waals surface area contributed by atoms with Gasteiger partial charge < -0.3 is 5.73 Å². The highest BCUT2D eigenvalue weighted by atomic mass is 127. The van der Waals surface area contributed by atoms with Crippen LogP contribution in [0.1, 0.15) is 6.42 Å². The summed E-state index contributed by atoms with van der Waals surface area (Å²) < 4.78 is 28.5. The van der Waals surface area contributed by atoms with Crippen LogP contribution in [0, 0.1) is 3.57 Å². The van der Waals surface area contributed by atoms with E-state index in [0.717, 1.165) is 3.57 Å². The van der Waals surface area contributed by atoms with Crippen LogP contribution in [0.2, 0.25) is 5.02 Å². The van der Waals surface area contributed by atoms with E-state index in [2.05, 4.69) is 4.72 Å². The highest BCUT2D eigenvalue weighted by molar-refractivity contribution is 14.1. The second kappa shape index (κ2) is 6.90. The molecule has 8 heteroatoms. The third-order valence-corrected chi connectivity index (χ3v) is 4.87. The van der Waals surface area contributed by atoms with Gasteiger partial charge in [-0.15, -0.1) is 0 Å². The van der Waals surface area contributed by atoms with Crippen molar-refractivity contribution in [2.45, 2.75) is 6.42 Å². The van der Waals surface area contributed by atoms with Crippen LogP contribution < -0.4 is 10.5 Å². The molecule has 102 valence electrons. The summed E-state index contributed by atoms with van der Waals surface area (Å²) in [5.74, 6) is 0. The Balaban J connectivity index is 2.82. The van der Waals surface area contributed by atoms with E-state index in [9.17, 15) is 8.42 Å². The molecule has 5 nitrogen and oxygen atoms in total. The third kappa shape index (κ3) is 4.54. The van der Waals surface area contributed by atoms with E-state index in [4.69, 9.17) is 17.3 Å². The van der Waals surface area contributed by atoms with Crippen LogP contribution >= 0.6 is 34.2 Å². The Bertz CT molecular complexity index is 510. The molecule has 0 heterocycles. The molecule has 1 aromatic rings. The Morgan fingerprint density at radius 1 is 1.50 bits per heavy atom. The molecule has 3 N–H and O–H groups in total. The maximum absolute atomic E-state index is 12.0. The highest BCUT2D eigenvalue weighted by Crippen LogP contribution is 2.23. The summed E-state index contributed by atoms with van der Waals surface area (Å²) in [6.45, 7) is 0.842. The van der Waals surface area contributed by atoms with Gasteiger partial charge in [0.25, 0.3) is 0 Å². The fourth-order valence-electron chi connectivity index (χ4n) is 1.22. The minimum absolute atomic E-state index is 0.385. The molecule has 0 fully saturated rings. The van der Waals surface area contributed by atoms with E-state index < -0.39 is 10.2 Å². The third-order valence-electron chi connectivity index (χ3n) is 2.26. The van der Waals surface area contributed by atoms with Crippen LogP contribution in [0.25, 0.3) is 0 Å². The average Bonchev–Trinajstić information content (AvgIpc) is 2.29. The summed E-state index contributed by atoms with van der Waals surface area (Å²) in [6, 6.07) is 4.97. The molecule has 1 rings (SSSR count). The fourth-order valence-corrected chi connectivity index (χ4v) is 3.39. The van der Waals surface area contributed by atoms with E-state index in [1.165, 1.54) is 11.4 Å². The summed E-state index contributed by atoms with van der Waals surface area (Å²) >= 11 is 7.84. The number of hydrogen-bond acceptors (Lipinski definition) is 3. The molecule has 0 saturated heterocycles. The molecule has 18 heavy (non-hydrogen) atoms. The van der Waals surface area contributed by atoms with Crippen LogP contribution in [0.5, 0.6) is 0 Å². The first-order valence-corrected chi connectivity index (χ1v) is 8.15. The van der Waals surface area contributed by atoms with Crippen LogP contribution in [-0.4, -0.2) is 32.9 Å². The standard InChI is InChI=1S/C10H15ClIN3O2S/c1-15(6-2-5-13)18(16,17)14-10-4-3-8(11)7-9(10)12/h3-4,7,14H,2,5-6,13H2,1H3. The zero-order valence-electron chi connectivity index (χ0n) is 9.86. The molecule has 0 amide bonds. The zero-order valence-corrected chi connectivity index (χ0v) is 13.6. The molecular weight excluding hydrogens is 389 g/mol. The summed E-state index contributed by atoms with van der Waals surface area (Å²) in [5, 5.41) is 0.568. The first-order chi connectivity index (χ1) is 8.36. The maximum Gasteiger partial charge on any atom is 0.301 e. The highest BCUT2D eigenvalue weighted by Gasteiger charge is 2.18. The molecule has 0 radical (unpaired) electrons. The van der Waals surface area contributed by atoms with Gasteiger partial charge in [0.2, 0.25) is 0 Å². The second-order valence-corrected chi connectivity index (χ2v) is 7.07. The van der Waals surface area contributed by atoms with Crippen molar-refractivity contribution in [3.8, 4) is 0 Å². The molecule has 1 aromatic carbocycles. The van der Waals surface area contributed by atoms with Gasteiger partial charge in [0.1, 0.15) is 0 Å². The van der Waals surface area contributed by atoms with Crippen molar-refractivity contribution < 1.29 is 8.42 Å². The Morgan fingerprint density at radius 2 is 2.17 bits per heavy atom. The van der Waals surface area contributed by atoms with Crippen LogP contribution in [-0.2, 0) is 10.2 Å². The van der Waals surface area contributed by atoms with Crippen molar-refractivity contribution in [2.75, 3.05) is 24.9 Å². The van der Waals surface area contributed by atoms with Gasteiger partial charge in [-0.25, -0.2) is 0 Å². The smallest absolute Gasteiger partial charge is 0.301 e. The number of benzene rings is 1. The summed E-state index contributed by atoms with van der Waals surface area (Å²) in [4.78, 5) is 0. The van der Waals surface area contributed by atoms with Gasteiger partial charge in [-0.05, 0) is 53.8 Å². The number of hydrogen-bond donors (Lipinski definition) is 2. The number of anilines is 1. The van der Waals surface area contributed by atoms with Crippen molar-refractivity contribution in [3.05, 3.63) is 26.8 Å². The summed E-state index contributed by atoms with van der Waals surface area (Å²) in [7, 11) is -2.03. The molecule has 0 aromatic heterocycles. The zero-order chi connectivity index (χ0) is 13.8. The SMILES string of the molecule is CN(CCCN)S(=O)(=O)Nc1ccc(Cl)cc1I. The largest absolute Gasteiger partial charge is 0.330 e. The molecule has 0 saturated carbocycles. The van der Waals surface area contributed by atoms with E-state index in [1.54, 1.807) is 18.2 Å². The van der Waals surface area contributed by atoms with Crippen molar-refractivity contribution >= 4 is 50.1 Å². The lowest BCUT2D eigenvalue weighted by Crippen LogP contribution is -2.34. The van der Waals surface area contributed by atoms with Gasteiger partial charge in [0.15, 0.2) is 0 Å². The molecule has 0 aliphatic heterocycles. The molecule has 0 bridgehead atoms. The number of rotatable bonds is 6. The minimum atomic E-state index is -3.54. The number of nitrogens with zero attached hydrogens (tertiary/aromatic N) is 1. The van der Waals surface area contributed by atoms with Gasteiger partial charge in [-0.2, -0.15) is 12.7 Å². The van der Waals surface area contributed by atoms with E-state index in [1.807, 2.05) is 22.6 Å².